The van der Waals surface area contributed by atoms with Crippen molar-refractivity contribution >= 4 is 5.91 Å². The zero-order valence-corrected chi connectivity index (χ0v) is 9.87. The molecule has 4 heteroatoms. The van der Waals surface area contributed by atoms with E-state index < -0.39 is 0 Å². The van der Waals surface area contributed by atoms with E-state index in [0.29, 0.717) is 5.56 Å². The van der Waals surface area contributed by atoms with Crippen molar-refractivity contribution in [2.24, 2.45) is 0 Å². The zero-order chi connectivity index (χ0) is 12.1. The summed E-state index contributed by atoms with van der Waals surface area (Å²) in [4.78, 5) is 25.3. The molecule has 0 spiro atoms. The lowest BCUT2D eigenvalue weighted by molar-refractivity contribution is 0.0933. The average molecular weight is 234 g/mol. The Bertz CT molecular complexity index is 411. The van der Waals surface area contributed by atoms with Crippen LogP contribution in [0.5, 0.6) is 0 Å². The molecule has 0 aliphatic heterocycles. The summed E-state index contributed by atoms with van der Waals surface area (Å²) in [5.41, 5.74) is 0.338. The number of carbonyl (C=O) groups is 1. The van der Waals surface area contributed by atoms with Crippen molar-refractivity contribution in [2.45, 2.75) is 44.6 Å². The first kappa shape index (κ1) is 11.9. The van der Waals surface area contributed by atoms with Crippen LogP contribution in [0.25, 0.3) is 0 Å². The van der Waals surface area contributed by atoms with E-state index >= 15 is 0 Å². The first-order valence-electron chi connectivity index (χ1n) is 6.25. The van der Waals surface area contributed by atoms with Crippen LogP contribution in [0.15, 0.2) is 23.1 Å². The van der Waals surface area contributed by atoms with Gasteiger partial charge in [-0.1, -0.05) is 25.7 Å². The molecular formula is C13H18N2O2. The Morgan fingerprint density at radius 3 is 2.47 bits per heavy atom. The van der Waals surface area contributed by atoms with Crippen molar-refractivity contribution in [1.82, 2.24) is 10.3 Å². The quantitative estimate of drug-likeness (QED) is 0.767. The lowest BCUT2D eigenvalue weighted by Crippen LogP contribution is -2.34. The van der Waals surface area contributed by atoms with Gasteiger partial charge < -0.3 is 10.3 Å². The molecule has 0 aromatic carbocycles. The van der Waals surface area contributed by atoms with E-state index in [9.17, 15) is 9.59 Å². The smallest absolute Gasteiger partial charge is 0.252 e. The highest BCUT2D eigenvalue weighted by Gasteiger charge is 2.15. The van der Waals surface area contributed by atoms with Gasteiger partial charge in [0.05, 0.1) is 5.56 Å². The van der Waals surface area contributed by atoms with Crippen LogP contribution in [0.2, 0.25) is 0 Å². The van der Waals surface area contributed by atoms with Crippen molar-refractivity contribution in [1.29, 1.82) is 0 Å². The molecule has 0 atom stereocenters. The summed E-state index contributed by atoms with van der Waals surface area (Å²) in [6, 6.07) is 3.23. The number of aromatic nitrogens is 1. The van der Waals surface area contributed by atoms with Crippen LogP contribution in [0.1, 0.15) is 48.9 Å². The number of rotatable bonds is 2. The minimum atomic E-state index is -0.184. The summed E-state index contributed by atoms with van der Waals surface area (Å²) in [5, 5.41) is 3.03. The maximum atomic E-state index is 11.9. The molecular weight excluding hydrogens is 216 g/mol. The summed E-state index contributed by atoms with van der Waals surface area (Å²) in [5.74, 6) is -0.0897. The fourth-order valence-electron chi connectivity index (χ4n) is 2.24. The van der Waals surface area contributed by atoms with E-state index in [1.807, 2.05) is 0 Å². The first-order valence-corrected chi connectivity index (χ1v) is 6.25. The van der Waals surface area contributed by atoms with E-state index in [1.165, 1.54) is 37.9 Å². The molecule has 0 bridgehead atoms. The molecule has 1 aliphatic carbocycles. The van der Waals surface area contributed by atoms with E-state index in [1.54, 1.807) is 6.07 Å². The molecule has 1 aliphatic rings. The Morgan fingerprint density at radius 1 is 1.18 bits per heavy atom. The number of hydrogen-bond donors (Lipinski definition) is 2. The zero-order valence-electron chi connectivity index (χ0n) is 9.87. The Labute approximate surface area is 100 Å². The largest absolute Gasteiger partial charge is 0.349 e. The Kier molecular flexibility index (Phi) is 3.96. The summed E-state index contributed by atoms with van der Waals surface area (Å²) < 4.78 is 0. The number of amides is 1. The Morgan fingerprint density at radius 2 is 1.88 bits per heavy atom. The highest BCUT2D eigenvalue weighted by Crippen LogP contribution is 2.17. The highest BCUT2D eigenvalue weighted by atomic mass is 16.2. The van der Waals surface area contributed by atoms with Crippen molar-refractivity contribution in [3.63, 3.8) is 0 Å². The van der Waals surface area contributed by atoms with Gasteiger partial charge in [0.2, 0.25) is 5.56 Å². The second-order valence-electron chi connectivity index (χ2n) is 4.60. The molecule has 0 unspecified atom stereocenters. The Hall–Kier alpha value is -1.58. The molecule has 4 nitrogen and oxygen atoms in total. The van der Waals surface area contributed by atoms with Crippen LogP contribution in [0.4, 0.5) is 0 Å². The maximum absolute atomic E-state index is 11.9. The van der Waals surface area contributed by atoms with Gasteiger partial charge in [0.25, 0.3) is 5.91 Å². The van der Waals surface area contributed by atoms with Gasteiger partial charge in [-0.3, -0.25) is 9.59 Å². The molecule has 1 heterocycles. The summed E-state index contributed by atoms with van der Waals surface area (Å²) in [7, 11) is 0. The van der Waals surface area contributed by atoms with Crippen LogP contribution in [-0.2, 0) is 0 Å². The lowest BCUT2D eigenvalue weighted by atomic mass is 10.1. The molecule has 1 saturated carbocycles. The Balaban J connectivity index is 1.95. The molecule has 1 aromatic heterocycles. The van der Waals surface area contributed by atoms with E-state index in [2.05, 4.69) is 10.3 Å². The normalized spacial score (nSPS) is 17.4. The van der Waals surface area contributed by atoms with Gasteiger partial charge in [0.1, 0.15) is 0 Å². The van der Waals surface area contributed by atoms with Gasteiger partial charge in [-0.15, -0.1) is 0 Å². The first-order chi connectivity index (χ1) is 8.25. The number of hydrogen-bond acceptors (Lipinski definition) is 2. The summed E-state index contributed by atoms with van der Waals surface area (Å²) in [6.45, 7) is 0. The average Bonchev–Trinajstić information content (AvgIpc) is 2.58. The molecule has 17 heavy (non-hydrogen) atoms. The molecule has 1 amide bonds. The standard InChI is InChI=1S/C13H18N2O2/c16-12-8-7-10(9-14-12)13(17)15-11-5-3-1-2-4-6-11/h7-9,11H,1-6H2,(H,14,16)(H,15,17). The van der Waals surface area contributed by atoms with Crippen LogP contribution >= 0.6 is 0 Å². The van der Waals surface area contributed by atoms with Crippen molar-refractivity contribution in [3.05, 3.63) is 34.2 Å². The number of aromatic amines is 1. The molecule has 0 radical (unpaired) electrons. The van der Waals surface area contributed by atoms with Gasteiger partial charge in [-0.25, -0.2) is 0 Å². The lowest BCUT2D eigenvalue weighted by Gasteiger charge is -2.15. The third-order valence-electron chi connectivity index (χ3n) is 3.24. The maximum Gasteiger partial charge on any atom is 0.252 e. The van der Waals surface area contributed by atoms with Crippen LogP contribution < -0.4 is 10.9 Å². The summed E-state index contributed by atoms with van der Waals surface area (Å²) in [6.07, 6.45) is 8.52. The minimum absolute atomic E-state index is 0.0897. The van der Waals surface area contributed by atoms with Crippen molar-refractivity contribution in [3.8, 4) is 0 Å². The number of pyridine rings is 1. The van der Waals surface area contributed by atoms with Gasteiger partial charge in [0.15, 0.2) is 0 Å². The second-order valence-corrected chi connectivity index (χ2v) is 4.60. The fraction of sp³-hybridized carbons (Fsp3) is 0.538. The second kappa shape index (κ2) is 5.66. The SMILES string of the molecule is O=C(NC1CCCCCC1)c1ccc(=O)[nH]c1. The van der Waals surface area contributed by atoms with Gasteiger partial charge >= 0.3 is 0 Å². The van der Waals surface area contributed by atoms with Crippen molar-refractivity contribution < 1.29 is 4.79 Å². The van der Waals surface area contributed by atoms with E-state index in [0.717, 1.165) is 12.8 Å². The molecule has 1 aromatic rings. The van der Waals surface area contributed by atoms with E-state index in [-0.39, 0.29) is 17.5 Å². The molecule has 2 rings (SSSR count). The minimum Gasteiger partial charge on any atom is -0.349 e. The number of H-pyrrole nitrogens is 1. The van der Waals surface area contributed by atoms with Crippen LogP contribution in [0, 0.1) is 0 Å². The monoisotopic (exact) mass is 234 g/mol. The molecule has 1 fully saturated rings. The molecule has 0 saturated heterocycles. The summed E-state index contributed by atoms with van der Waals surface area (Å²) >= 11 is 0. The number of carbonyl (C=O) groups excluding carboxylic acids is 1. The number of nitrogens with one attached hydrogen (secondary N) is 2. The van der Waals surface area contributed by atoms with Crippen LogP contribution in [0.3, 0.4) is 0 Å². The molecule has 92 valence electrons. The third-order valence-corrected chi connectivity index (χ3v) is 3.24. The van der Waals surface area contributed by atoms with Gasteiger partial charge in [-0.05, 0) is 18.9 Å². The van der Waals surface area contributed by atoms with Gasteiger partial charge in [-0.2, -0.15) is 0 Å². The topological polar surface area (TPSA) is 62.0 Å². The van der Waals surface area contributed by atoms with Gasteiger partial charge in [0, 0.05) is 18.3 Å². The fourth-order valence-corrected chi connectivity index (χ4v) is 2.24. The third kappa shape index (κ3) is 3.44. The van der Waals surface area contributed by atoms with Crippen LogP contribution in [-0.4, -0.2) is 16.9 Å². The predicted molar refractivity (Wildman–Crippen MR) is 66.0 cm³/mol. The molecule has 2 N–H and O–H groups in total. The van der Waals surface area contributed by atoms with Crippen molar-refractivity contribution in [2.75, 3.05) is 0 Å². The highest BCUT2D eigenvalue weighted by molar-refractivity contribution is 5.93. The van der Waals surface area contributed by atoms with E-state index in [4.69, 9.17) is 0 Å². The predicted octanol–water partition coefficient (Wildman–Crippen LogP) is 1.83.